The molecule has 27 heavy (non-hydrogen) atoms. The summed E-state index contributed by atoms with van der Waals surface area (Å²) in [5, 5.41) is 0.366. The van der Waals surface area contributed by atoms with Crippen LogP contribution in [0.1, 0.15) is 12.0 Å². The molecule has 140 valence electrons. The van der Waals surface area contributed by atoms with Crippen LogP contribution in [-0.2, 0) is 16.0 Å². The van der Waals surface area contributed by atoms with Crippen LogP contribution in [0.3, 0.4) is 0 Å². The van der Waals surface area contributed by atoms with Gasteiger partial charge in [-0.05, 0) is 48.4 Å². The zero-order chi connectivity index (χ0) is 19.4. The summed E-state index contributed by atoms with van der Waals surface area (Å²) < 4.78 is 13.1. The Balaban J connectivity index is 1.83. The normalized spacial score (nSPS) is 18.7. The fourth-order valence-corrected chi connectivity index (χ4v) is 3.79. The van der Waals surface area contributed by atoms with Gasteiger partial charge in [0, 0.05) is 18.0 Å². The number of carbonyl (C=O) groups is 2. The maximum absolute atomic E-state index is 13.1. The largest absolute Gasteiger partial charge is 0.369 e. The van der Waals surface area contributed by atoms with Crippen molar-refractivity contribution in [2.24, 2.45) is 10.7 Å². The van der Waals surface area contributed by atoms with Crippen LogP contribution in [0.4, 0.5) is 10.1 Å². The van der Waals surface area contributed by atoms with E-state index in [1.165, 1.54) is 24.3 Å². The number of amides is 2. The molecule has 1 heterocycles. The molecular formula is C19H17ClFN3O2S. The molecule has 0 aliphatic carbocycles. The topological polar surface area (TPSA) is 75.8 Å². The molecule has 1 aliphatic rings. The fraction of sp³-hybridized carbons (Fsp3) is 0.211. The molecule has 5 nitrogen and oxygen atoms in total. The summed E-state index contributed by atoms with van der Waals surface area (Å²) in [5.74, 6) is -1.15. The molecule has 1 fully saturated rings. The average molecular weight is 406 g/mol. The van der Waals surface area contributed by atoms with Crippen molar-refractivity contribution in [2.45, 2.75) is 18.1 Å². The van der Waals surface area contributed by atoms with Gasteiger partial charge in [0.1, 0.15) is 5.82 Å². The van der Waals surface area contributed by atoms with Crippen molar-refractivity contribution in [3.8, 4) is 0 Å². The minimum Gasteiger partial charge on any atom is -0.369 e. The SMILES string of the molecule is NC(=O)C1CC(=O)N(CCc2ccc(Cl)cc2)C(=Nc2ccc(F)cc2)S1. The maximum Gasteiger partial charge on any atom is 0.231 e. The number of aliphatic imine (C=N–C) groups is 1. The van der Waals surface area contributed by atoms with Crippen molar-refractivity contribution in [3.05, 3.63) is 64.9 Å². The van der Waals surface area contributed by atoms with E-state index in [1.54, 1.807) is 17.0 Å². The summed E-state index contributed by atoms with van der Waals surface area (Å²) in [6.45, 7) is 0.402. The first kappa shape index (κ1) is 19.4. The van der Waals surface area contributed by atoms with Gasteiger partial charge in [-0.3, -0.25) is 14.5 Å². The molecule has 1 aliphatic heterocycles. The summed E-state index contributed by atoms with van der Waals surface area (Å²) in [5.41, 5.74) is 6.90. The second kappa shape index (κ2) is 8.54. The summed E-state index contributed by atoms with van der Waals surface area (Å²) in [6, 6.07) is 13.0. The van der Waals surface area contributed by atoms with Crippen LogP contribution in [-0.4, -0.2) is 33.7 Å². The van der Waals surface area contributed by atoms with Crippen LogP contribution in [0.25, 0.3) is 0 Å². The molecule has 2 aromatic carbocycles. The number of primary amides is 1. The lowest BCUT2D eigenvalue weighted by Gasteiger charge is -2.31. The van der Waals surface area contributed by atoms with Crippen molar-refractivity contribution in [1.29, 1.82) is 0 Å². The van der Waals surface area contributed by atoms with Gasteiger partial charge in [0.25, 0.3) is 0 Å². The molecule has 0 radical (unpaired) electrons. The average Bonchev–Trinajstić information content (AvgIpc) is 2.64. The minimum absolute atomic E-state index is 0.0308. The Labute approximate surface area is 165 Å². The molecule has 0 aromatic heterocycles. The van der Waals surface area contributed by atoms with Gasteiger partial charge < -0.3 is 5.73 Å². The molecule has 0 saturated carbocycles. The zero-order valence-electron chi connectivity index (χ0n) is 14.3. The van der Waals surface area contributed by atoms with Crippen molar-refractivity contribution in [2.75, 3.05) is 6.54 Å². The molecule has 1 saturated heterocycles. The van der Waals surface area contributed by atoms with E-state index in [1.807, 2.05) is 12.1 Å². The van der Waals surface area contributed by atoms with E-state index in [9.17, 15) is 14.0 Å². The molecule has 1 unspecified atom stereocenters. The van der Waals surface area contributed by atoms with E-state index in [0.29, 0.717) is 28.8 Å². The molecule has 2 aromatic rings. The van der Waals surface area contributed by atoms with E-state index >= 15 is 0 Å². The number of carbonyl (C=O) groups excluding carboxylic acids is 2. The lowest BCUT2D eigenvalue weighted by atomic mass is 10.1. The standard InChI is InChI=1S/C19H17ClFN3O2S/c20-13-3-1-12(2-4-13)9-10-24-17(25)11-16(18(22)26)27-19(24)23-15-7-5-14(21)6-8-15/h1-8,16H,9-11H2,(H2,22,26). The van der Waals surface area contributed by atoms with Gasteiger partial charge in [0.2, 0.25) is 11.8 Å². The van der Waals surface area contributed by atoms with Gasteiger partial charge in [-0.15, -0.1) is 0 Å². The molecular weight excluding hydrogens is 389 g/mol. The highest BCUT2D eigenvalue weighted by molar-refractivity contribution is 8.15. The van der Waals surface area contributed by atoms with E-state index in [0.717, 1.165) is 17.3 Å². The summed E-state index contributed by atoms with van der Waals surface area (Å²) in [6.07, 6.45) is 0.635. The molecule has 0 spiro atoms. The van der Waals surface area contributed by atoms with Crippen LogP contribution in [0, 0.1) is 5.82 Å². The van der Waals surface area contributed by atoms with Crippen LogP contribution >= 0.6 is 23.4 Å². The van der Waals surface area contributed by atoms with E-state index in [4.69, 9.17) is 17.3 Å². The van der Waals surface area contributed by atoms with E-state index in [2.05, 4.69) is 4.99 Å². The number of nitrogens with two attached hydrogens (primary N) is 1. The van der Waals surface area contributed by atoms with Gasteiger partial charge >= 0.3 is 0 Å². The Morgan fingerprint density at radius 2 is 1.89 bits per heavy atom. The second-order valence-electron chi connectivity index (χ2n) is 6.01. The number of halogens is 2. The molecule has 0 bridgehead atoms. The van der Waals surface area contributed by atoms with Gasteiger partial charge in [0.15, 0.2) is 5.17 Å². The third kappa shape index (κ3) is 5.08. The number of hydrogen-bond donors (Lipinski definition) is 1. The molecule has 8 heteroatoms. The summed E-state index contributed by atoms with van der Waals surface area (Å²) >= 11 is 7.05. The predicted octanol–water partition coefficient (Wildman–Crippen LogP) is 3.53. The Hall–Kier alpha value is -2.38. The third-order valence-electron chi connectivity index (χ3n) is 4.05. The van der Waals surface area contributed by atoms with Crippen molar-refractivity contribution in [3.63, 3.8) is 0 Å². The number of benzene rings is 2. The smallest absolute Gasteiger partial charge is 0.231 e. The van der Waals surface area contributed by atoms with Crippen molar-refractivity contribution < 1.29 is 14.0 Å². The molecule has 2 N–H and O–H groups in total. The lowest BCUT2D eigenvalue weighted by Crippen LogP contribution is -2.46. The molecule has 1 atom stereocenters. The van der Waals surface area contributed by atoms with Crippen molar-refractivity contribution in [1.82, 2.24) is 4.90 Å². The van der Waals surface area contributed by atoms with Gasteiger partial charge in [-0.25, -0.2) is 9.38 Å². The molecule has 3 rings (SSSR count). The summed E-state index contributed by atoms with van der Waals surface area (Å²) in [7, 11) is 0. The molecule has 2 amide bonds. The van der Waals surface area contributed by atoms with E-state index in [-0.39, 0.29) is 18.1 Å². The quantitative estimate of drug-likeness (QED) is 0.826. The van der Waals surface area contributed by atoms with Gasteiger partial charge in [-0.2, -0.15) is 0 Å². The number of hydrogen-bond acceptors (Lipinski definition) is 4. The number of rotatable bonds is 5. The lowest BCUT2D eigenvalue weighted by molar-refractivity contribution is -0.129. The fourth-order valence-electron chi connectivity index (χ4n) is 2.59. The van der Waals surface area contributed by atoms with E-state index < -0.39 is 11.2 Å². The third-order valence-corrected chi connectivity index (χ3v) is 5.50. The number of amidine groups is 1. The van der Waals surface area contributed by atoms with Crippen LogP contribution < -0.4 is 5.73 Å². The first-order valence-electron chi connectivity index (χ1n) is 8.27. The first-order valence-corrected chi connectivity index (χ1v) is 9.53. The van der Waals surface area contributed by atoms with Crippen molar-refractivity contribution >= 4 is 46.0 Å². The minimum atomic E-state index is -0.663. The monoisotopic (exact) mass is 405 g/mol. The maximum atomic E-state index is 13.1. The van der Waals surface area contributed by atoms with Crippen LogP contribution in [0.5, 0.6) is 0 Å². The van der Waals surface area contributed by atoms with Gasteiger partial charge in [-0.1, -0.05) is 35.5 Å². The van der Waals surface area contributed by atoms with Gasteiger partial charge in [0.05, 0.1) is 10.9 Å². The van der Waals surface area contributed by atoms with Crippen LogP contribution in [0.2, 0.25) is 5.02 Å². The predicted molar refractivity (Wildman–Crippen MR) is 106 cm³/mol. The summed E-state index contributed by atoms with van der Waals surface area (Å²) in [4.78, 5) is 30.1. The number of nitrogens with zero attached hydrogens (tertiary/aromatic N) is 2. The second-order valence-corrected chi connectivity index (χ2v) is 7.61. The zero-order valence-corrected chi connectivity index (χ0v) is 15.8. The Bertz CT molecular complexity index is 872. The Morgan fingerprint density at radius 1 is 1.22 bits per heavy atom. The first-order chi connectivity index (χ1) is 12.9. The highest BCUT2D eigenvalue weighted by atomic mass is 35.5. The number of thioether (sulfide) groups is 1. The Kier molecular flexibility index (Phi) is 6.13. The van der Waals surface area contributed by atoms with Crippen LogP contribution in [0.15, 0.2) is 53.5 Å². The Morgan fingerprint density at radius 3 is 2.52 bits per heavy atom. The highest BCUT2D eigenvalue weighted by Gasteiger charge is 2.34. The highest BCUT2D eigenvalue weighted by Crippen LogP contribution is 2.29.